The molecule has 6 nitrogen and oxygen atoms in total. The zero-order chi connectivity index (χ0) is 17.9. The van der Waals surface area contributed by atoms with Crippen molar-refractivity contribution in [2.75, 3.05) is 29.8 Å². The summed E-state index contributed by atoms with van der Waals surface area (Å²) in [6.45, 7) is 6.05. The van der Waals surface area contributed by atoms with Gasteiger partial charge >= 0.3 is 0 Å². The molecule has 0 saturated carbocycles. The van der Waals surface area contributed by atoms with Crippen molar-refractivity contribution >= 4 is 35.0 Å². The molecule has 132 valence electrons. The molecule has 0 radical (unpaired) electrons. The fraction of sp³-hybridized carbons (Fsp3) is 0.529. The molecular formula is C17H25N3O3S. The van der Waals surface area contributed by atoms with Crippen LogP contribution in [0.25, 0.3) is 0 Å². The fourth-order valence-electron chi connectivity index (χ4n) is 2.50. The van der Waals surface area contributed by atoms with Gasteiger partial charge in [-0.05, 0) is 23.6 Å². The second kappa shape index (κ2) is 7.34. The number of carbonyl (C=O) groups excluding carboxylic acids is 2. The number of nitrogens with two attached hydrogens (primary N) is 1. The number of carbonyl (C=O) groups is 2. The summed E-state index contributed by atoms with van der Waals surface area (Å²) in [5, 5.41) is 2.84. The standard InChI is InChI=1S/C17H25N3O3S/c1-17(2,3)8-15(21)20-10-24-9-13(20)16(22)19-11-5-6-14(23-4)12(18)7-11/h5-7,13H,8-10,18H2,1-4H3,(H,19,22). The van der Waals surface area contributed by atoms with Crippen LogP contribution in [-0.4, -0.2) is 41.5 Å². The number of nitrogen functional groups attached to an aromatic ring is 1. The number of benzene rings is 1. The number of rotatable bonds is 4. The summed E-state index contributed by atoms with van der Waals surface area (Å²) in [6.07, 6.45) is 0.423. The molecule has 1 atom stereocenters. The first kappa shape index (κ1) is 18.4. The third kappa shape index (κ3) is 4.56. The van der Waals surface area contributed by atoms with Crippen LogP contribution in [0.1, 0.15) is 27.2 Å². The normalized spacial score (nSPS) is 17.7. The molecule has 1 aliphatic rings. The Morgan fingerprint density at radius 2 is 2.12 bits per heavy atom. The van der Waals surface area contributed by atoms with E-state index in [2.05, 4.69) is 5.32 Å². The number of amides is 2. The first-order chi connectivity index (χ1) is 11.2. The van der Waals surface area contributed by atoms with Gasteiger partial charge < -0.3 is 20.7 Å². The molecule has 2 amide bonds. The van der Waals surface area contributed by atoms with Gasteiger partial charge in [-0.25, -0.2) is 0 Å². The molecular weight excluding hydrogens is 326 g/mol. The highest BCUT2D eigenvalue weighted by molar-refractivity contribution is 7.99. The molecule has 1 heterocycles. The Morgan fingerprint density at radius 3 is 2.71 bits per heavy atom. The predicted molar refractivity (Wildman–Crippen MR) is 98.1 cm³/mol. The van der Waals surface area contributed by atoms with E-state index in [1.165, 1.54) is 0 Å². The van der Waals surface area contributed by atoms with E-state index in [-0.39, 0.29) is 17.2 Å². The van der Waals surface area contributed by atoms with Crippen LogP contribution in [0.3, 0.4) is 0 Å². The Hall–Kier alpha value is -1.89. The van der Waals surface area contributed by atoms with Crippen molar-refractivity contribution in [1.29, 1.82) is 0 Å². The van der Waals surface area contributed by atoms with Gasteiger partial charge in [0.1, 0.15) is 11.8 Å². The topological polar surface area (TPSA) is 84.7 Å². The molecule has 0 bridgehead atoms. The van der Waals surface area contributed by atoms with E-state index < -0.39 is 6.04 Å². The second-order valence-electron chi connectivity index (χ2n) is 7.06. The predicted octanol–water partition coefficient (Wildman–Crippen LogP) is 2.55. The minimum absolute atomic E-state index is 0.0156. The van der Waals surface area contributed by atoms with Crippen molar-refractivity contribution in [3.63, 3.8) is 0 Å². The van der Waals surface area contributed by atoms with Crippen LogP contribution >= 0.6 is 11.8 Å². The lowest BCUT2D eigenvalue weighted by molar-refractivity contribution is -0.137. The van der Waals surface area contributed by atoms with Crippen LogP contribution in [0.15, 0.2) is 18.2 Å². The van der Waals surface area contributed by atoms with Crippen molar-refractivity contribution in [3.05, 3.63) is 18.2 Å². The average molecular weight is 351 g/mol. The minimum atomic E-state index is -0.451. The van der Waals surface area contributed by atoms with Gasteiger partial charge in [0, 0.05) is 17.9 Å². The fourth-order valence-corrected chi connectivity index (χ4v) is 3.68. The van der Waals surface area contributed by atoms with Gasteiger partial charge in [-0.2, -0.15) is 0 Å². The Bertz CT molecular complexity index is 628. The first-order valence-electron chi connectivity index (χ1n) is 7.83. The maximum absolute atomic E-state index is 12.6. The maximum Gasteiger partial charge on any atom is 0.248 e. The molecule has 1 fully saturated rings. The SMILES string of the molecule is COc1ccc(NC(=O)C2CSCN2C(=O)CC(C)(C)C)cc1N. The molecule has 0 aromatic heterocycles. The third-order valence-corrected chi connectivity index (χ3v) is 4.70. The first-order valence-corrected chi connectivity index (χ1v) is 8.98. The number of nitrogens with one attached hydrogen (secondary N) is 1. The van der Waals surface area contributed by atoms with E-state index in [0.717, 1.165) is 0 Å². The third-order valence-electron chi connectivity index (χ3n) is 3.68. The van der Waals surface area contributed by atoms with Gasteiger partial charge in [0.2, 0.25) is 11.8 Å². The van der Waals surface area contributed by atoms with Gasteiger partial charge in [-0.15, -0.1) is 11.8 Å². The van der Waals surface area contributed by atoms with Gasteiger partial charge in [-0.1, -0.05) is 20.8 Å². The monoisotopic (exact) mass is 351 g/mol. The lowest BCUT2D eigenvalue weighted by Crippen LogP contribution is -2.45. The van der Waals surface area contributed by atoms with E-state index in [1.54, 1.807) is 42.0 Å². The Kier molecular flexibility index (Phi) is 5.64. The molecule has 0 spiro atoms. The summed E-state index contributed by atoms with van der Waals surface area (Å²) >= 11 is 1.59. The van der Waals surface area contributed by atoms with Crippen molar-refractivity contribution < 1.29 is 14.3 Å². The van der Waals surface area contributed by atoms with Crippen molar-refractivity contribution in [3.8, 4) is 5.75 Å². The lowest BCUT2D eigenvalue weighted by atomic mass is 9.91. The average Bonchev–Trinajstić information content (AvgIpc) is 2.95. The smallest absolute Gasteiger partial charge is 0.248 e. The highest BCUT2D eigenvalue weighted by Gasteiger charge is 2.35. The number of nitrogens with zero attached hydrogens (tertiary/aromatic N) is 1. The maximum atomic E-state index is 12.6. The van der Waals surface area contributed by atoms with E-state index >= 15 is 0 Å². The zero-order valence-corrected chi connectivity index (χ0v) is 15.4. The van der Waals surface area contributed by atoms with Crippen LogP contribution in [-0.2, 0) is 9.59 Å². The van der Waals surface area contributed by atoms with Crippen LogP contribution in [0, 0.1) is 5.41 Å². The molecule has 3 N–H and O–H groups in total. The highest BCUT2D eigenvalue weighted by Crippen LogP contribution is 2.28. The number of hydrogen-bond donors (Lipinski definition) is 2. The summed E-state index contributed by atoms with van der Waals surface area (Å²) in [5.74, 6) is 1.55. The summed E-state index contributed by atoms with van der Waals surface area (Å²) < 4.78 is 5.11. The summed E-state index contributed by atoms with van der Waals surface area (Å²) in [7, 11) is 1.54. The second-order valence-corrected chi connectivity index (χ2v) is 8.06. The van der Waals surface area contributed by atoms with Gasteiger partial charge in [0.25, 0.3) is 0 Å². The van der Waals surface area contributed by atoms with Crippen molar-refractivity contribution in [1.82, 2.24) is 4.90 Å². The van der Waals surface area contributed by atoms with Gasteiger partial charge in [-0.3, -0.25) is 9.59 Å². The Morgan fingerprint density at radius 1 is 1.42 bits per heavy atom. The largest absolute Gasteiger partial charge is 0.495 e. The number of methoxy groups -OCH3 is 1. The molecule has 0 aliphatic carbocycles. The van der Waals surface area contributed by atoms with E-state index in [9.17, 15) is 9.59 Å². The number of hydrogen-bond acceptors (Lipinski definition) is 5. The molecule has 24 heavy (non-hydrogen) atoms. The molecule has 1 aromatic rings. The number of ether oxygens (including phenoxy) is 1. The van der Waals surface area contributed by atoms with Crippen LogP contribution in [0.4, 0.5) is 11.4 Å². The summed E-state index contributed by atoms with van der Waals surface area (Å²) in [6, 6.07) is 4.64. The molecule has 7 heteroatoms. The van der Waals surface area contributed by atoms with E-state index in [0.29, 0.717) is 35.2 Å². The molecule has 1 aromatic carbocycles. The van der Waals surface area contributed by atoms with Gasteiger partial charge in [0.15, 0.2) is 0 Å². The molecule has 1 saturated heterocycles. The van der Waals surface area contributed by atoms with Crippen LogP contribution < -0.4 is 15.8 Å². The van der Waals surface area contributed by atoms with Crippen LogP contribution in [0.5, 0.6) is 5.75 Å². The summed E-state index contributed by atoms with van der Waals surface area (Å²) in [5.41, 5.74) is 6.81. The number of thioether (sulfide) groups is 1. The van der Waals surface area contributed by atoms with E-state index in [4.69, 9.17) is 10.5 Å². The van der Waals surface area contributed by atoms with Crippen LogP contribution in [0.2, 0.25) is 0 Å². The highest BCUT2D eigenvalue weighted by atomic mass is 32.2. The van der Waals surface area contributed by atoms with Crippen molar-refractivity contribution in [2.45, 2.75) is 33.2 Å². The molecule has 2 rings (SSSR count). The van der Waals surface area contributed by atoms with Gasteiger partial charge in [0.05, 0.1) is 18.7 Å². The Balaban J connectivity index is 2.05. The Labute approximate surface area is 147 Å². The quantitative estimate of drug-likeness (QED) is 0.815. The lowest BCUT2D eigenvalue weighted by Gasteiger charge is -2.26. The summed E-state index contributed by atoms with van der Waals surface area (Å²) in [4.78, 5) is 26.7. The zero-order valence-electron chi connectivity index (χ0n) is 14.6. The molecule has 1 unspecified atom stereocenters. The van der Waals surface area contributed by atoms with E-state index in [1.807, 2.05) is 20.8 Å². The minimum Gasteiger partial charge on any atom is -0.495 e. The molecule has 1 aliphatic heterocycles. The number of anilines is 2. The van der Waals surface area contributed by atoms with Crippen molar-refractivity contribution in [2.24, 2.45) is 5.41 Å².